The van der Waals surface area contributed by atoms with Crippen LogP contribution in [0, 0.1) is 0 Å². The second-order valence-electron chi connectivity index (χ2n) is 8.83. The zero-order valence-corrected chi connectivity index (χ0v) is 21.6. The molecule has 33 heavy (non-hydrogen) atoms. The van der Waals surface area contributed by atoms with Gasteiger partial charge in [0.2, 0.25) is 0 Å². The molecule has 0 radical (unpaired) electrons. The number of methoxy groups -OCH3 is 2. The van der Waals surface area contributed by atoms with Crippen LogP contribution in [0.4, 0.5) is 4.79 Å². The Morgan fingerprint density at radius 2 is 1.94 bits per heavy atom. The number of rotatable bonds is 12. The number of halogens is 1. The Labute approximate surface area is 206 Å². The number of carbonyl (C=O) groups excluding carboxylic acids is 1. The summed E-state index contributed by atoms with van der Waals surface area (Å²) in [4.78, 5) is 14.5. The molecule has 1 amide bonds. The zero-order valence-electron chi connectivity index (χ0n) is 20.0. The molecule has 0 bridgehead atoms. The van der Waals surface area contributed by atoms with Crippen molar-refractivity contribution < 1.29 is 23.7 Å². The number of likely N-dealkylation sites (tertiary alicyclic amines) is 1. The summed E-state index contributed by atoms with van der Waals surface area (Å²) in [6.07, 6.45) is 8.33. The number of ether oxygens (including phenoxy) is 4. The minimum Gasteiger partial charge on any atom is -0.493 e. The number of benzene rings is 1. The van der Waals surface area contributed by atoms with Crippen molar-refractivity contribution in [2.45, 2.75) is 69.6 Å². The van der Waals surface area contributed by atoms with Crippen LogP contribution in [-0.4, -0.2) is 75.0 Å². The first-order valence-corrected chi connectivity index (χ1v) is 13.3. The number of carbonyl (C=O) groups is 1. The fourth-order valence-electron chi connectivity index (χ4n) is 4.81. The quantitative estimate of drug-likeness (QED) is 0.318. The molecule has 1 aromatic carbocycles. The Morgan fingerprint density at radius 1 is 1.12 bits per heavy atom. The average molecular weight is 528 g/mol. The Hall–Kier alpha value is -1.51. The maximum atomic E-state index is 12.1. The van der Waals surface area contributed by atoms with E-state index in [2.05, 4.69) is 32.2 Å². The van der Waals surface area contributed by atoms with E-state index >= 15 is 0 Å². The van der Waals surface area contributed by atoms with E-state index in [9.17, 15) is 4.79 Å². The van der Waals surface area contributed by atoms with E-state index in [0.29, 0.717) is 19.2 Å². The largest absolute Gasteiger partial charge is 0.493 e. The van der Waals surface area contributed by atoms with Crippen molar-refractivity contribution in [1.29, 1.82) is 0 Å². The lowest BCUT2D eigenvalue weighted by atomic mass is 9.91. The van der Waals surface area contributed by atoms with Crippen molar-refractivity contribution in [3.63, 3.8) is 0 Å². The van der Waals surface area contributed by atoms with Crippen LogP contribution < -0.4 is 14.8 Å². The van der Waals surface area contributed by atoms with Gasteiger partial charge in [-0.25, -0.2) is 4.79 Å². The molecule has 1 unspecified atom stereocenters. The third kappa shape index (κ3) is 8.04. The molecule has 1 heterocycles. The average Bonchev–Trinajstić information content (AvgIpc) is 3.30. The fraction of sp³-hybridized carbons (Fsp3) is 0.720. The molecule has 2 aliphatic rings. The van der Waals surface area contributed by atoms with Crippen LogP contribution in [0.5, 0.6) is 11.5 Å². The molecule has 3 rings (SSSR count). The highest BCUT2D eigenvalue weighted by atomic mass is 79.9. The lowest BCUT2D eigenvalue weighted by molar-refractivity contribution is -0.0319. The molecule has 1 N–H and O–H groups in total. The van der Waals surface area contributed by atoms with Crippen molar-refractivity contribution in [2.24, 2.45) is 0 Å². The summed E-state index contributed by atoms with van der Waals surface area (Å²) in [6.45, 7) is 3.11. The molecule has 1 aliphatic heterocycles. The van der Waals surface area contributed by atoms with E-state index in [4.69, 9.17) is 18.9 Å². The predicted octanol–water partition coefficient (Wildman–Crippen LogP) is 4.55. The molecule has 0 spiro atoms. The van der Waals surface area contributed by atoms with Gasteiger partial charge in [-0.3, -0.25) is 4.90 Å². The van der Waals surface area contributed by atoms with Crippen molar-refractivity contribution in [1.82, 2.24) is 10.2 Å². The minimum atomic E-state index is -0.289. The van der Waals surface area contributed by atoms with Crippen LogP contribution in [0.2, 0.25) is 0 Å². The topological polar surface area (TPSA) is 69.3 Å². The van der Waals surface area contributed by atoms with Gasteiger partial charge < -0.3 is 24.3 Å². The number of nitrogens with one attached hydrogen (secondary N) is 1. The van der Waals surface area contributed by atoms with Gasteiger partial charge in [-0.05, 0) is 56.2 Å². The normalized spacial score (nSPS) is 23.3. The van der Waals surface area contributed by atoms with Crippen LogP contribution in [-0.2, 0) is 15.9 Å². The van der Waals surface area contributed by atoms with E-state index in [-0.39, 0.29) is 18.3 Å². The van der Waals surface area contributed by atoms with Crippen molar-refractivity contribution in [2.75, 3.05) is 45.8 Å². The third-order valence-corrected chi connectivity index (χ3v) is 7.15. The Balaban J connectivity index is 1.44. The molecule has 1 saturated heterocycles. The lowest BCUT2D eigenvalue weighted by Gasteiger charge is -2.37. The zero-order chi connectivity index (χ0) is 23.5. The van der Waals surface area contributed by atoms with E-state index in [0.717, 1.165) is 68.4 Å². The molecule has 8 heteroatoms. The maximum absolute atomic E-state index is 12.1. The van der Waals surface area contributed by atoms with Crippen molar-refractivity contribution in [3.8, 4) is 11.5 Å². The second kappa shape index (κ2) is 14.0. The molecule has 1 aliphatic carbocycles. The van der Waals surface area contributed by atoms with E-state index in [1.807, 2.05) is 12.1 Å². The van der Waals surface area contributed by atoms with Gasteiger partial charge >= 0.3 is 6.09 Å². The summed E-state index contributed by atoms with van der Waals surface area (Å²) >= 11 is 3.41. The number of alkyl halides is 1. The van der Waals surface area contributed by atoms with E-state index < -0.39 is 0 Å². The molecular weight excluding hydrogens is 488 g/mol. The smallest absolute Gasteiger partial charge is 0.407 e. The molecule has 2 fully saturated rings. The summed E-state index contributed by atoms with van der Waals surface area (Å²) in [7, 11) is 3.31. The van der Waals surface area contributed by atoms with Crippen molar-refractivity contribution in [3.05, 3.63) is 23.8 Å². The fourth-order valence-corrected chi connectivity index (χ4v) is 5.20. The number of amides is 1. The van der Waals surface area contributed by atoms with Crippen molar-refractivity contribution >= 4 is 22.0 Å². The third-order valence-electron chi connectivity index (χ3n) is 6.59. The first-order valence-electron chi connectivity index (χ1n) is 12.2. The summed E-state index contributed by atoms with van der Waals surface area (Å²) < 4.78 is 22.8. The molecule has 1 aromatic rings. The van der Waals surface area contributed by atoms with Gasteiger partial charge in [0, 0.05) is 31.0 Å². The first-order chi connectivity index (χ1) is 16.1. The highest BCUT2D eigenvalue weighted by Gasteiger charge is 2.36. The van der Waals surface area contributed by atoms with Gasteiger partial charge in [-0.2, -0.15) is 0 Å². The Bertz CT molecular complexity index is 735. The summed E-state index contributed by atoms with van der Waals surface area (Å²) in [5, 5.41) is 3.82. The minimum absolute atomic E-state index is 0.0319. The van der Waals surface area contributed by atoms with Gasteiger partial charge in [0.1, 0.15) is 6.10 Å². The van der Waals surface area contributed by atoms with Gasteiger partial charge in [-0.1, -0.05) is 34.8 Å². The van der Waals surface area contributed by atoms with Gasteiger partial charge in [0.25, 0.3) is 0 Å². The Morgan fingerprint density at radius 3 is 2.73 bits per heavy atom. The van der Waals surface area contributed by atoms with Crippen LogP contribution >= 0.6 is 15.9 Å². The standard InChI is InChI=1S/C25H39BrN2O5/c1-30-23-10-9-19(17-24(23)31-2)12-16-32-22-8-4-3-7-21(22)28-15-11-20(18-28)33-25(29)27-14-6-5-13-26/h9-10,17,20-22H,3-8,11-16,18H2,1-2H3,(H,27,29)/t20?,21-,22-/m1/s1. The summed E-state index contributed by atoms with van der Waals surface area (Å²) in [5.41, 5.74) is 1.18. The monoisotopic (exact) mass is 526 g/mol. The molecular formula is C25H39BrN2O5. The highest BCUT2D eigenvalue weighted by molar-refractivity contribution is 9.09. The van der Waals surface area contributed by atoms with Crippen LogP contribution in [0.15, 0.2) is 18.2 Å². The summed E-state index contributed by atoms with van der Waals surface area (Å²) in [6, 6.07) is 6.43. The predicted molar refractivity (Wildman–Crippen MR) is 133 cm³/mol. The molecule has 7 nitrogen and oxygen atoms in total. The molecule has 3 atom stereocenters. The maximum Gasteiger partial charge on any atom is 0.407 e. The number of hydrogen-bond donors (Lipinski definition) is 1. The van der Waals surface area contributed by atoms with Gasteiger partial charge in [0.15, 0.2) is 11.5 Å². The number of hydrogen-bond acceptors (Lipinski definition) is 6. The van der Waals surface area contributed by atoms with Gasteiger partial charge in [0.05, 0.1) is 26.9 Å². The lowest BCUT2D eigenvalue weighted by Crippen LogP contribution is -2.46. The highest BCUT2D eigenvalue weighted by Crippen LogP contribution is 2.30. The van der Waals surface area contributed by atoms with Crippen LogP contribution in [0.25, 0.3) is 0 Å². The number of nitrogens with zero attached hydrogens (tertiary/aromatic N) is 1. The van der Waals surface area contributed by atoms with Crippen LogP contribution in [0.3, 0.4) is 0 Å². The van der Waals surface area contributed by atoms with Crippen LogP contribution in [0.1, 0.15) is 50.5 Å². The Kier molecular flexibility index (Phi) is 11.1. The van der Waals surface area contributed by atoms with E-state index in [1.165, 1.54) is 18.4 Å². The number of unbranched alkanes of at least 4 members (excludes halogenated alkanes) is 1. The second-order valence-corrected chi connectivity index (χ2v) is 9.63. The SMILES string of the molecule is COc1ccc(CCO[C@@H]2CCCC[C@H]2N2CCC(OC(=O)NCCCCBr)C2)cc1OC. The van der Waals surface area contributed by atoms with Gasteiger partial charge in [-0.15, -0.1) is 0 Å². The number of alkyl carbamates (subject to hydrolysis) is 1. The first kappa shape index (κ1) is 26.1. The summed E-state index contributed by atoms with van der Waals surface area (Å²) in [5.74, 6) is 1.49. The van der Waals surface area contributed by atoms with E-state index in [1.54, 1.807) is 14.2 Å². The molecule has 186 valence electrons. The molecule has 0 aromatic heterocycles. The molecule has 1 saturated carbocycles.